The Labute approximate surface area is 348 Å². The van der Waals surface area contributed by atoms with Crippen LogP contribution in [0.5, 0.6) is 11.5 Å². The Kier molecular flexibility index (Phi) is 12.2. The van der Waals surface area contributed by atoms with Crippen LogP contribution in [0.25, 0.3) is 22.3 Å². The minimum atomic E-state index is -4.35. The minimum absolute atomic E-state index is 0.0652. The molecule has 0 radical (unpaired) electrons. The lowest BCUT2D eigenvalue weighted by atomic mass is 10.1. The second-order valence-electron chi connectivity index (χ2n) is 12.4. The van der Waals surface area contributed by atoms with E-state index in [-0.39, 0.29) is 45.7 Å². The third-order valence-corrected chi connectivity index (χ3v) is 14.3. The van der Waals surface area contributed by atoms with Crippen LogP contribution < -0.4 is 14.2 Å². The van der Waals surface area contributed by atoms with Crippen molar-refractivity contribution < 1.29 is 55.3 Å². The summed E-state index contributed by atoms with van der Waals surface area (Å²) < 4.78 is 81.9. The molecule has 2 heterocycles. The van der Waals surface area contributed by atoms with Gasteiger partial charge in [0.1, 0.15) is 45.5 Å². The molecule has 300 valence electrons. The molecule has 0 bridgehead atoms. The number of carboxylic acids is 1. The summed E-state index contributed by atoms with van der Waals surface area (Å²) in [6.45, 7) is 3.40. The van der Waals surface area contributed by atoms with E-state index in [2.05, 4.69) is 9.44 Å². The number of anilines is 2. The van der Waals surface area contributed by atoms with E-state index in [4.69, 9.17) is 32.7 Å². The van der Waals surface area contributed by atoms with Gasteiger partial charge in [-0.3, -0.25) is 9.44 Å². The smallest absolute Gasteiger partial charge is 0.347 e. The van der Waals surface area contributed by atoms with Gasteiger partial charge in [-0.25, -0.2) is 35.6 Å². The molecule has 0 saturated heterocycles. The fraction of sp³-hybridized carbons (Fsp3) is 0.0789. The fourth-order valence-electron chi connectivity index (χ4n) is 5.29. The van der Waals surface area contributed by atoms with Crippen LogP contribution in [0.3, 0.4) is 0 Å². The van der Waals surface area contributed by atoms with Gasteiger partial charge in [-0.15, -0.1) is 22.7 Å². The normalized spacial score (nSPS) is 11.6. The predicted molar refractivity (Wildman–Crippen MR) is 218 cm³/mol. The molecular weight excluding hydrogens is 879 g/mol. The number of aromatic carboxylic acids is 1. The van der Waals surface area contributed by atoms with E-state index in [1.54, 1.807) is 38.1 Å². The summed E-state index contributed by atoms with van der Waals surface area (Å²) in [4.78, 5) is 37.6. The number of hydrogen-bond donors (Lipinski definition) is 4. The van der Waals surface area contributed by atoms with Crippen molar-refractivity contribution in [3.8, 4) is 33.8 Å². The molecule has 0 aliphatic heterocycles. The molecule has 6 rings (SSSR count). The molecule has 4 aromatic carbocycles. The van der Waals surface area contributed by atoms with Crippen LogP contribution in [0.4, 0.5) is 15.8 Å². The third-order valence-electron chi connectivity index (χ3n) is 7.88. The monoisotopic (exact) mass is 904 g/mol. The number of rotatable bonds is 13. The van der Waals surface area contributed by atoms with Crippen molar-refractivity contribution in [2.45, 2.75) is 28.4 Å². The predicted octanol–water partition coefficient (Wildman–Crippen LogP) is 9.38. The summed E-state index contributed by atoms with van der Waals surface area (Å²) in [5.74, 6) is -5.28. The summed E-state index contributed by atoms with van der Waals surface area (Å²) >= 11 is 14.1. The lowest BCUT2D eigenvalue weighted by molar-refractivity contribution is 0.0377. The molecule has 0 saturated carbocycles. The largest absolute Gasteiger partial charge is 0.507 e. The molecule has 6 aromatic rings. The van der Waals surface area contributed by atoms with Crippen molar-refractivity contribution in [2.24, 2.45) is 0 Å². The molecule has 0 aliphatic rings. The fourth-order valence-corrected chi connectivity index (χ4v) is 10.9. The van der Waals surface area contributed by atoms with Crippen LogP contribution in [0.2, 0.25) is 8.67 Å². The molecule has 0 fully saturated rings. The van der Waals surface area contributed by atoms with Gasteiger partial charge < -0.3 is 19.7 Å². The van der Waals surface area contributed by atoms with E-state index >= 15 is 0 Å². The van der Waals surface area contributed by atoms with Crippen molar-refractivity contribution in [2.75, 3.05) is 9.44 Å². The molecule has 0 spiro atoms. The molecule has 4 N–H and O–H groups in total. The number of halogens is 3. The quantitative estimate of drug-likeness (QED) is 0.0635. The molecule has 2 aromatic heterocycles. The maximum absolute atomic E-state index is 13.8. The van der Waals surface area contributed by atoms with E-state index in [0.29, 0.717) is 28.0 Å². The second-order valence-corrected chi connectivity index (χ2v) is 19.5. The van der Waals surface area contributed by atoms with Gasteiger partial charge in [-0.1, -0.05) is 47.5 Å². The van der Waals surface area contributed by atoms with Crippen LogP contribution in [0.15, 0.2) is 105 Å². The molecule has 20 heteroatoms. The van der Waals surface area contributed by atoms with Crippen LogP contribution in [0.1, 0.15) is 44.9 Å². The molecule has 0 amide bonds. The number of aromatic hydroxyl groups is 1. The van der Waals surface area contributed by atoms with Crippen LogP contribution in [-0.2, 0) is 24.8 Å². The average Bonchev–Trinajstić information content (AvgIpc) is 3.74. The molecule has 0 aliphatic carbocycles. The number of phenols is 1. The summed E-state index contributed by atoms with van der Waals surface area (Å²) in [5.41, 5.74) is 0.200. The number of nitrogens with one attached hydrogen (secondary N) is 2. The molecule has 13 nitrogen and oxygen atoms in total. The van der Waals surface area contributed by atoms with Gasteiger partial charge in [0.2, 0.25) is 0 Å². The highest BCUT2D eigenvalue weighted by Gasteiger charge is 2.26. The number of carbonyl (C=O) groups excluding carboxylic acids is 2. The Balaban J connectivity index is 1.18. The van der Waals surface area contributed by atoms with Crippen LogP contribution in [-0.4, -0.2) is 51.1 Å². The molecule has 0 unspecified atom stereocenters. The summed E-state index contributed by atoms with van der Waals surface area (Å²) in [6, 6.07) is 20.3. The Morgan fingerprint density at radius 1 is 0.707 bits per heavy atom. The molecule has 0 atom stereocenters. The first kappa shape index (κ1) is 42.1. The van der Waals surface area contributed by atoms with E-state index in [9.17, 15) is 45.8 Å². The van der Waals surface area contributed by atoms with Crippen molar-refractivity contribution in [1.29, 1.82) is 0 Å². The number of esters is 2. The first-order valence-electron chi connectivity index (χ1n) is 16.5. The standard InChI is InChI=1S/C38H27Cl2FN2O11S4/c1-19(2)53-37(47)22-7-3-5-20(13-22)28-17-32(55-34(28)39)57(49,50)42-24-9-11-26(30(44)15-24)38(48)54-31-16-25(10-12-27(31)36(45)46)43-58(51,52)33-18-29(35(40)56-33)21-6-4-8-23(41)14-21/h3-19,42-44H,1-2H3,(H,45,46). The zero-order valence-electron chi connectivity index (χ0n) is 29.7. The van der Waals surface area contributed by atoms with Crippen molar-refractivity contribution in [3.05, 3.63) is 128 Å². The number of phenolic OH excluding ortho intramolecular Hbond substituents is 1. The number of ether oxygens (including phenoxy) is 2. The van der Waals surface area contributed by atoms with Crippen LogP contribution in [0, 0.1) is 5.82 Å². The Hall–Kier alpha value is -5.50. The summed E-state index contributed by atoms with van der Waals surface area (Å²) in [6.07, 6.45) is -0.356. The lowest BCUT2D eigenvalue weighted by Gasteiger charge is -2.12. The van der Waals surface area contributed by atoms with Gasteiger partial charge in [0.05, 0.1) is 23.0 Å². The number of thiophene rings is 2. The van der Waals surface area contributed by atoms with E-state index in [1.807, 2.05) is 0 Å². The zero-order chi connectivity index (χ0) is 42.1. The van der Waals surface area contributed by atoms with Gasteiger partial charge in [-0.05, 0) is 85.6 Å². The Morgan fingerprint density at radius 3 is 1.78 bits per heavy atom. The van der Waals surface area contributed by atoms with Gasteiger partial charge in [-0.2, -0.15) is 0 Å². The topological polar surface area (TPSA) is 202 Å². The minimum Gasteiger partial charge on any atom is -0.507 e. The maximum atomic E-state index is 13.8. The second kappa shape index (κ2) is 16.8. The van der Waals surface area contributed by atoms with Gasteiger partial charge in [0.25, 0.3) is 20.0 Å². The van der Waals surface area contributed by atoms with Crippen molar-refractivity contribution >= 4 is 95.2 Å². The Bertz CT molecular complexity index is 2840. The SMILES string of the molecule is CC(C)OC(=O)c1cccc(-c2cc(S(=O)(=O)Nc3ccc(C(=O)Oc4cc(NS(=O)(=O)c5cc(-c6cccc(F)c6)c(Cl)s5)ccc4C(=O)O)c(O)c3)sc2Cl)c1. The Morgan fingerprint density at radius 2 is 1.24 bits per heavy atom. The number of benzene rings is 4. The van der Waals surface area contributed by atoms with Crippen molar-refractivity contribution in [3.63, 3.8) is 0 Å². The van der Waals surface area contributed by atoms with Gasteiger partial charge >= 0.3 is 17.9 Å². The van der Waals surface area contributed by atoms with Gasteiger partial charge in [0.15, 0.2) is 0 Å². The third kappa shape index (κ3) is 9.44. The average molecular weight is 906 g/mol. The van der Waals surface area contributed by atoms with Gasteiger partial charge in [0, 0.05) is 23.3 Å². The lowest BCUT2D eigenvalue weighted by Crippen LogP contribution is -2.15. The number of sulfonamides is 2. The first-order chi connectivity index (χ1) is 27.3. The number of hydrogen-bond acceptors (Lipinski definition) is 12. The highest BCUT2D eigenvalue weighted by atomic mass is 35.5. The number of carbonyl (C=O) groups is 3. The highest BCUT2D eigenvalue weighted by Crippen LogP contribution is 2.40. The highest BCUT2D eigenvalue weighted by molar-refractivity contribution is 7.95. The molecular formula is C38H27Cl2FN2O11S4. The summed E-state index contributed by atoms with van der Waals surface area (Å²) in [7, 11) is -8.67. The number of carboxylic acid groups (broad SMARTS) is 1. The van der Waals surface area contributed by atoms with Crippen LogP contribution >= 0.6 is 45.9 Å². The first-order valence-corrected chi connectivity index (χ1v) is 21.8. The maximum Gasteiger partial charge on any atom is 0.347 e. The van der Waals surface area contributed by atoms with E-state index in [0.717, 1.165) is 47.7 Å². The summed E-state index contributed by atoms with van der Waals surface area (Å²) in [5, 5.41) is 20.5. The van der Waals surface area contributed by atoms with Crippen molar-refractivity contribution in [1.82, 2.24) is 0 Å². The molecule has 58 heavy (non-hydrogen) atoms. The zero-order valence-corrected chi connectivity index (χ0v) is 34.4. The van der Waals surface area contributed by atoms with E-state index in [1.165, 1.54) is 36.4 Å². The van der Waals surface area contributed by atoms with E-state index < -0.39 is 66.4 Å².